The molecule has 2 fully saturated rings. The van der Waals surface area contributed by atoms with E-state index in [1.54, 1.807) is 63.8 Å². The first-order valence-electron chi connectivity index (χ1n) is 14.7. The van der Waals surface area contributed by atoms with Crippen molar-refractivity contribution in [3.8, 4) is 0 Å². The van der Waals surface area contributed by atoms with E-state index in [4.69, 9.17) is 16.3 Å². The lowest BCUT2D eigenvalue weighted by Crippen LogP contribution is -2.57. The third-order valence-electron chi connectivity index (χ3n) is 7.47. The Morgan fingerprint density at radius 3 is 2.26 bits per heavy atom. The van der Waals surface area contributed by atoms with Gasteiger partial charge in [-0.05, 0) is 76.0 Å². The van der Waals surface area contributed by atoms with Crippen molar-refractivity contribution in [2.45, 2.75) is 68.4 Å². The molecule has 46 heavy (non-hydrogen) atoms. The first kappa shape index (κ1) is 35.5. The van der Waals surface area contributed by atoms with Gasteiger partial charge in [-0.3, -0.25) is 14.6 Å². The highest BCUT2D eigenvalue weighted by atomic mass is 35.5. The molecular formula is C30H39ClN6O7S2. The molecule has 2 aliphatic heterocycles. The number of piperazine rings is 1. The number of benzene rings is 1. The second-order valence-corrected chi connectivity index (χ2v) is 16.3. The lowest BCUT2D eigenvalue weighted by Gasteiger charge is -2.33. The molecule has 0 saturated carbocycles. The monoisotopic (exact) mass is 694 g/mol. The number of urea groups is 1. The summed E-state index contributed by atoms with van der Waals surface area (Å²) in [6.45, 7) is 10.1. The minimum absolute atomic E-state index is 0.0328. The third kappa shape index (κ3) is 8.69. The molecule has 4 rings (SSSR count). The fraction of sp³-hybridized carbons (Fsp3) is 0.500. The van der Waals surface area contributed by atoms with Crippen LogP contribution in [0.5, 0.6) is 0 Å². The molecule has 0 bridgehead atoms. The Bertz CT molecular complexity index is 1540. The van der Waals surface area contributed by atoms with Crippen molar-refractivity contribution in [2.75, 3.05) is 37.4 Å². The number of hydrogen-bond donors (Lipinski definition) is 2. The van der Waals surface area contributed by atoms with Gasteiger partial charge in [0.25, 0.3) is 0 Å². The normalized spacial score (nSPS) is 19.3. The van der Waals surface area contributed by atoms with Gasteiger partial charge in [-0.25, -0.2) is 18.0 Å². The minimum Gasteiger partial charge on any atom is -0.458 e. The van der Waals surface area contributed by atoms with E-state index < -0.39 is 49.7 Å². The number of carbonyl (C=O) groups is 4. The van der Waals surface area contributed by atoms with Gasteiger partial charge in [0.2, 0.25) is 15.9 Å². The van der Waals surface area contributed by atoms with Crippen molar-refractivity contribution in [1.29, 1.82) is 0 Å². The molecule has 2 saturated heterocycles. The number of amides is 4. The van der Waals surface area contributed by atoms with Crippen molar-refractivity contribution in [1.82, 2.24) is 24.4 Å². The van der Waals surface area contributed by atoms with Gasteiger partial charge in [-0.15, -0.1) is 11.8 Å². The van der Waals surface area contributed by atoms with Gasteiger partial charge in [0, 0.05) is 55.4 Å². The van der Waals surface area contributed by atoms with E-state index in [1.807, 2.05) is 0 Å². The summed E-state index contributed by atoms with van der Waals surface area (Å²) in [4.78, 5) is 58.2. The van der Waals surface area contributed by atoms with Crippen LogP contribution in [0.3, 0.4) is 0 Å². The molecule has 2 atom stereocenters. The number of nitrogens with one attached hydrogen (secondary N) is 2. The van der Waals surface area contributed by atoms with Crippen molar-refractivity contribution in [2.24, 2.45) is 0 Å². The summed E-state index contributed by atoms with van der Waals surface area (Å²) in [5, 5.41) is 5.05. The molecule has 0 unspecified atom stereocenters. The Balaban J connectivity index is 1.49. The second kappa shape index (κ2) is 14.2. The van der Waals surface area contributed by atoms with E-state index in [0.717, 1.165) is 4.31 Å². The maximum Gasteiger partial charge on any atom is 0.329 e. The molecule has 16 heteroatoms. The average molecular weight is 695 g/mol. The van der Waals surface area contributed by atoms with Crippen molar-refractivity contribution in [3.63, 3.8) is 0 Å². The number of esters is 1. The van der Waals surface area contributed by atoms with Gasteiger partial charge in [-0.1, -0.05) is 12.1 Å². The predicted octanol–water partition coefficient (Wildman–Crippen LogP) is 3.50. The maximum absolute atomic E-state index is 13.9. The fourth-order valence-electron chi connectivity index (χ4n) is 5.08. The van der Waals surface area contributed by atoms with Crippen LogP contribution in [0.15, 0.2) is 53.7 Å². The molecule has 1 aromatic heterocycles. The summed E-state index contributed by atoms with van der Waals surface area (Å²) in [7, 11) is -4.07. The molecule has 0 radical (unpaired) electrons. The molecule has 3 heterocycles. The molecule has 1 aromatic carbocycles. The van der Waals surface area contributed by atoms with Gasteiger partial charge in [0.1, 0.15) is 22.6 Å². The van der Waals surface area contributed by atoms with Gasteiger partial charge in [0.15, 0.2) is 0 Å². The predicted molar refractivity (Wildman–Crippen MR) is 175 cm³/mol. The van der Waals surface area contributed by atoms with Gasteiger partial charge < -0.3 is 25.2 Å². The average Bonchev–Trinajstić information content (AvgIpc) is 3.33. The zero-order chi connectivity index (χ0) is 33.9. The van der Waals surface area contributed by atoms with E-state index in [1.165, 1.54) is 41.2 Å². The molecule has 0 spiro atoms. The van der Waals surface area contributed by atoms with Crippen molar-refractivity contribution >= 4 is 62.3 Å². The van der Waals surface area contributed by atoms with E-state index in [0.29, 0.717) is 37.4 Å². The van der Waals surface area contributed by atoms with Crippen LogP contribution < -0.4 is 10.6 Å². The molecule has 250 valence electrons. The van der Waals surface area contributed by atoms with E-state index in [2.05, 4.69) is 15.6 Å². The standard InChI is InChI=1S/C30H39ClN6O7S2/c1-29(2,3)44-26(39)23(17-20-8-10-21(11-9-20)33-28(41)36-15-13-35(14-16-36)27(31)40)34-25(38)24-30(4,5)45-19-37(24)46(42,43)22-7-6-12-32-18-22/h6-12,18,23-24H,13-17,19H2,1-5H3,(H,33,41)(H,34,38)/t23-,24+/m0/s1. The largest absolute Gasteiger partial charge is 0.458 e. The summed E-state index contributed by atoms with van der Waals surface area (Å²) < 4.78 is 33.0. The Hall–Kier alpha value is -3.40. The highest BCUT2D eigenvalue weighted by Crippen LogP contribution is 2.42. The smallest absolute Gasteiger partial charge is 0.329 e. The number of thioether (sulfide) groups is 1. The molecule has 2 aliphatic rings. The minimum atomic E-state index is -4.07. The maximum atomic E-state index is 13.9. The lowest BCUT2D eigenvalue weighted by atomic mass is 10.0. The molecule has 0 aliphatic carbocycles. The zero-order valence-corrected chi connectivity index (χ0v) is 28.7. The Morgan fingerprint density at radius 2 is 1.70 bits per heavy atom. The highest BCUT2D eigenvalue weighted by Gasteiger charge is 2.51. The Morgan fingerprint density at radius 1 is 1.07 bits per heavy atom. The summed E-state index contributed by atoms with van der Waals surface area (Å²) in [5.41, 5.74) is 0.348. The highest BCUT2D eigenvalue weighted by molar-refractivity contribution is 8.02. The number of anilines is 1. The van der Waals surface area contributed by atoms with Crippen molar-refractivity contribution in [3.05, 3.63) is 54.4 Å². The lowest BCUT2D eigenvalue weighted by molar-refractivity contribution is -0.158. The van der Waals surface area contributed by atoms with Crippen LogP contribution in [0.2, 0.25) is 0 Å². The number of rotatable bonds is 8. The van der Waals surface area contributed by atoms with E-state index >= 15 is 0 Å². The SMILES string of the molecule is CC(C)(C)OC(=O)[C@H](Cc1ccc(NC(=O)N2CCN(C(=O)Cl)CC2)cc1)NC(=O)[C@H]1N(S(=O)(=O)c2cccnc2)CSC1(C)C. The topological polar surface area (TPSA) is 158 Å². The summed E-state index contributed by atoms with van der Waals surface area (Å²) in [6.07, 6.45) is 2.75. The molecule has 2 aromatic rings. The fourth-order valence-corrected chi connectivity index (χ4v) is 8.39. The second-order valence-electron chi connectivity index (χ2n) is 12.5. The number of nitrogens with zero attached hydrogens (tertiary/aromatic N) is 4. The number of halogens is 1. The molecule has 4 amide bonds. The first-order chi connectivity index (χ1) is 21.5. The number of sulfonamides is 1. The summed E-state index contributed by atoms with van der Waals surface area (Å²) >= 11 is 6.84. The van der Waals surface area contributed by atoms with Crippen LogP contribution in [-0.4, -0.2) is 105 Å². The summed E-state index contributed by atoms with van der Waals surface area (Å²) in [5.74, 6) is -1.25. The molecule has 2 N–H and O–H groups in total. The van der Waals surface area contributed by atoms with Crippen LogP contribution >= 0.6 is 23.4 Å². The molecular weight excluding hydrogens is 656 g/mol. The number of pyridine rings is 1. The number of aromatic nitrogens is 1. The van der Waals surface area contributed by atoms with Crippen LogP contribution in [0.25, 0.3) is 0 Å². The first-order valence-corrected chi connectivity index (χ1v) is 17.5. The Kier molecular flexibility index (Phi) is 10.9. The van der Waals surface area contributed by atoms with E-state index in [-0.39, 0.29) is 23.2 Å². The van der Waals surface area contributed by atoms with Gasteiger partial charge >= 0.3 is 17.4 Å². The number of ether oxygens (including phenoxy) is 1. The third-order valence-corrected chi connectivity index (χ3v) is 11.0. The summed E-state index contributed by atoms with van der Waals surface area (Å²) in [6, 6.07) is 7.17. The van der Waals surface area contributed by atoms with Gasteiger partial charge in [0.05, 0.1) is 5.88 Å². The van der Waals surface area contributed by atoms with Crippen LogP contribution in [0.4, 0.5) is 15.3 Å². The Labute approximate surface area is 278 Å². The number of hydrogen-bond acceptors (Lipinski definition) is 9. The zero-order valence-electron chi connectivity index (χ0n) is 26.4. The van der Waals surface area contributed by atoms with Crippen molar-refractivity contribution < 1.29 is 32.3 Å². The number of carbonyl (C=O) groups excluding carboxylic acids is 4. The molecule has 13 nitrogen and oxygen atoms in total. The van der Waals surface area contributed by atoms with Crippen LogP contribution in [0, 0.1) is 0 Å². The van der Waals surface area contributed by atoms with Crippen LogP contribution in [0.1, 0.15) is 40.2 Å². The van der Waals surface area contributed by atoms with E-state index in [9.17, 15) is 27.6 Å². The van der Waals surface area contributed by atoms with Gasteiger partial charge in [-0.2, -0.15) is 4.31 Å². The quantitative estimate of drug-likeness (QED) is 0.240. The van der Waals surface area contributed by atoms with Crippen LogP contribution in [-0.2, 0) is 30.8 Å².